The first kappa shape index (κ1) is 18.4. The van der Waals surface area contributed by atoms with Crippen LogP contribution in [0.4, 0.5) is 4.39 Å². The number of carbonyl (C=O) groups excluding carboxylic acids is 1. The Morgan fingerprint density at radius 2 is 1.88 bits per heavy atom. The Labute approximate surface area is 145 Å². The Kier molecular flexibility index (Phi) is 6.11. The van der Waals surface area contributed by atoms with Crippen LogP contribution in [-0.2, 0) is 16.0 Å². The predicted octanol–water partition coefficient (Wildman–Crippen LogP) is 2.67. The molecule has 6 heteroatoms. The molecule has 132 valence electrons. The third-order valence-corrected chi connectivity index (χ3v) is 3.86. The molecule has 25 heavy (non-hydrogen) atoms. The van der Waals surface area contributed by atoms with E-state index in [2.05, 4.69) is 0 Å². The fourth-order valence-electron chi connectivity index (χ4n) is 2.36. The molecule has 1 N–H and O–H groups in total. The van der Waals surface area contributed by atoms with Crippen LogP contribution in [0.5, 0.6) is 5.75 Å². The molecule has 5 nitrogen and oxygen atoms in total. The molecular weight excluding hydrogens is 325 g/mol. The lowest BCUT2D eigenvalue weighted by atomic mass is 10.1. The molecule has 0 radical (unpaired) electrons. The number of likely N-dealkylation sites (N-methyl/N-ethyl adjacent to an activating group) is 1. The molecular formula is C19H20FNO4. The number of carboxylic acids is 1. The molecule has 2 rings (SSSR count). The van der Waals surface area contributed by atoms with Gasteiger partial charge in [-0.3, -0.25) is 4.79 Å². The number of benzene rings is 2. The molecule has 1 amide bonds. The van der Waals surface area contributed by atoms with Crippen molar-refractivity contribution in [1.82, 2.24) is 4.90 Å². The Morgan fingerprint density at radius 3 is 2.52 bits per heavy atom. The van der Waals surface area contributed by atoms with E-state index in [-0.39, 0.29) is 12.2 Å². The number of aliphatic carboxylic acids is 1. The van der Waals surface area contributed by atoms with Crippen molar-refractivity contribution in [3.8, 4) is 5.75 Å². The average molecular weight is 345 g/mol. The third-order valence-electron chi connectivity index (χ3n) is 3.86. The molecule has 0 aliphatic heterocycles. The van der Waals surface area contributed by atoms with Gasteiger partial charge in [0.2, 0.25) is 0 Å². The number of nitrogens with zero attached hydrogens (tertiary/aromatic N) is 1. The summed E-state index contributed by atoms with van der Waals surface area (Å²) in [5.74, 6) is -2.25. The molecule has 0 spiro atoms. The summed E-state index contributed by atoms with van der Waals surface area (Å²) in [6.07, 6.45) is 0.178. The molecule has 1 atom stereocenters. The molecule has 0 heterocycles. The summed E-state index contributed by atoms with van der Waals surface area (Å²) in [4.78, 5) is 24.9. The van der Waals surface area contributed by atoms with Crippen molar-refractivity contribution >= 4 is 11.9 Å². The standard InChI is InChI=1S/C19H20FNO4/c1-13-8-9-15(20)17(10-13)25-12-18(22)21(2)16(19(23)24)11-14-6-4-3-5-7-14/h3-10,16H,11-12H2,1-2H3,(H,23,24). The van der Waals surface area contributed by atoms with Crippen LogP contribution in [0.2, 0.25) is 0 Å². The molecule has 0 bridgehead atoms. The second-order valence-electron chi connectivity index (χ2n) is 5.77. The van der Waals surface area contributed by atoms with Gasteiger partial charge in [0.1, 0.15) is 6.04 Å². The summed E-state index contributed by atoms with van der Waals surface area (Å²) in [7, 11) is 1.40. The minimum absolute atomic E-state index is 0.0308. The average Bonchev–Trinajstić information content (AvgIpc) is 2.60. The molecule has 0 saturated heterocycles. The second-order valence-corrected chi connectivity index (χ2v) is 5.77. The van der Waals surface area contributed by atoms with Gasteiger partial charge in [0.15, 0.2) is 18.2 Å². The van der Waals surface area contributed by atoms with E-state index in [1.165, 1.54) is 19.2 Å². The Morgan fingerprint density at radius 1 is 1.20 bits per heavy atom. The van der Waals surface area contributed by atoms with Crippen molar-refractivity contribution in [2.24, 2.45) is 0 Å². The minimum atomic E-state index is -1.11. The number of hydrogen-bond acceptors (Lipinski definition) is 3. The molecule has 0 aliphatic rings. The van der Waals surface area contributed by atoms with E-state index < -0.39 is 30.3 Å². The van der Waals surface area contributed by atoms with Gasteiger partial charge in [-0.1, -0.05) is 36.4 Å². The largest absolute Gasteiger partial charge is 0.481 e. The van der Waals surface area contributed by atoms with Crippen LogP contribution < -0.4 is 4.74 Å². The maximum atomic E-state index is 13.7. The zero-order chi connectivity index (χ0) is 18.4. The smallest absolute Gasteiger partial charge is 0.326 e. The molecule has 0 aromatic heterocycles. The van der Waals surface area contributed by atoms with Crippen LogP contribution in [0.3, 0.4) is 0 Å². The van der Waals surface area contributed by atoms with Gasteiger partial charge in [0, 0.05) is 13.5 Å². The molecule has 1 unspecified atom stereocenters. The Balaban J connectivity index is 2.03. The van der Waals surface area contributed by atoms with Gasteiger partial charge < -0.3 is 14.7 Å². The van der Waals surface area contributed by atoms with E-state index in [4.69, 9.17) is 4.74 Å². The second kappa shape index (κ2) is 8.28. The van der Waals surface area contributed by atoms with Gasteiger partial charge in [-0.15, -0.1) is 0 Å². The van der Waals surface area contributed by atoms with Crippen LogP contribution in [0, 0.1) is 12.7 Å². The van der Waals surface area contributed by atoms with Crippen molar-refractivity contribution in [2.45, 2.75) is 19.4 Å². The van der Waals surface area contributed by atoms with Crippen molar-refractivity contribution in [2.75, 3.05) is 13.7 Å². The zero-order valence-electron chi connectivity index (χ0n) is 14.1. The van der Waals surface area contributed by atoms with Crippen molar-refractivity contribution in [3.63, 3.8) is 0 Å². The lowest BCUT2D eigenvalue weighted by molar-refractivity contribution is -0.149. The predicted molar refractivity (Wildman–Crippen MR) is 91.0 cm³/mol. The number of hydrogen-bond donors (Lipinski definition) is 1. The monoisotopic (exact) mass is 345 g/mol. The summed E-state index contributed by atoms with van der Waals surface area (Å²) in [6, 6.07) is 12.4. The summed E-state index contributed by atoms with van der Waals surface area (Å²) in [6.45, 7) is 1.34. The molecule has 0 aliphatic carbocycles. The van der Waals surface area contributed by atoms with E-state index in [0.717, 1.165) is 16.0 Å². The number of carboxylic acid groups (broad SMARTS) is 1. The number of ether oxygens (including phenoxy) is 1. The maximum absolute atomic E-state index is 13.7. The van der Waals surface area contributed by atoms with E-state index in [1.807, 2.05) is 6.07 Å². The molecule has 0 fully saturated rings. The number of aryl methyl sites for hydroxylation is 1. The van der Waals surface area contributed by atoms with Crippen molar-refractivity contribution in [1.29, 1.82) is 0 Å². The number of halogens is 1. The van der Waals surface area contributed by atoms with Crippen molar-refractivity contribution < 1.29 is 23.8 Å². The van der Waals surface area contributed by atoms with Crippen LogP contribution in [-0.4, -0.2) is 41.6 Å². The minimum Gasteiger partial charge on any atom is -0.481 e. The van der Waals surface area contributed by atoms with E-state index in [0.29, 0.717) is 0 Å². The topological polar surface area (TPSA) is 66.8 Å². The van der Waals surface area contributed by atoms with E-state index in [9.17, 15) is 19.1 Å². The molecule has 0 saturated carbocycles. The fraction of sp³-hybridized carbons (Fsp3) is 0.263. The number of amides is 1. The van der Waals surface area contributed by atoms with Crippen LogP contribution in [0.15, 0.2) is 48.5 Å². The summed E-state index contributed by atoms with van der Waals surface area (Å²) >= 11 is 0. The highest BCUT2D eigenvalue weighted by Gasteiger charge is 2.27. The van der Waals surface area contributed by atoms with Crippen LogP contribution in [0.25, 0.3) is 0 Å². The first-order valence-corrected chi connectivity index (χ1v) is 7.80. The number of carbonyl (C=O) groups is 2. The van der Waals surface area contributed by atoms with Gasteiger partial charge in [0.05, 0.1) is 0 Å². The molecule has 2 aromatic rings. The van der Waals surface area contributed by atoms with Gasteiger partial charge in [-0.25, -0.2) is 9.18 Å². The van der Waals surface area contributed by atoms with Gasteiger partial charge >= 0.3 is 5.97 Å². The Bertz CT molecular complexity index is 748. The summed E-state index contributed by atoms with van der Waals surface area (Å²) < 4.78 is 18.9. The highest BCUT2D eigenvalue weighted by atomic mass is 19.1. The quantitative estimate of drug-likeness (QED) is 0.838. The third kappa shape index (κ3) is 5.04. The Hall–Kier alpha value is -2.89. The first-order valence-electron chi connectivity index (χ1n) is 7.80. The number of rotatable bonds is 7. The van der Waals surface area contributed by atoms with E-state index in [1.54, 1.807) is 37.3 Å². The maximum Gasteiger partial charge on any atom is 0.326 e. The van der Waals surface area contributed by atoms with Gasteiger partial charge in [-0.05, 0) is 30.2 Å². The molecule has 2 aromatic carbocycles. The highest BCUT2D eigenvalue weighted by molar-refractivity contribution is 5.84. The normalized spacial score (nSPS) is 11.6. The SMILES string of the molecule is Cc1ccc(F)c(OCC(=O)N(C)C(Cc2ccccc2)C(=O)O)c1. The lowest BCUT2D eigenvalue weighted by Crippen LogP contribution is -2.45. The van der Waals surface area contributed by atoms with Crippen LogP contribution >= 0.6 is 0 Å². The zero-order valence-corrected chi connectivity index (χ0v) is 14.1. The summed E-state index contributed by atoms with van der Waals surface area (Å²) in [5.41, 5.74) is 1.60. The lowest BCUT2D eigenvalue weighted by Gasteiger charge is -2.25. The van der Waals surface area contributed by atoms with Crippen LogP contribution in [0.1, 0.15) is 11.1 Å². The summed E-state index contributed by atoms with van der Waals surface area (Å²) in [5, 5.41) is 9.42. The van der Waals surface area contributed by atoms with E-state index >= 15 is 0 Å². The highest BCUT2D eigenvalue weighted by Crippen LogP contribution is 2.18. The fourth-order valence-corrected chi connectivity index (χ4v) is 2.36. The van der Waals surface area contributed by atoms with Gasteiger partial charge in [0.25, 0.3) is 5.91 Å². The first-order chi connectivity index (χ1) is 11.9. The van der Waals surface area contributed by atoms with Gasteiger partial charge in [-0.2, -0.15) is 0 Å². The van der Waals surface area contributed by atoms with Crippen molar-refractivity contribution in [3.05, 3.63) is 65.5 Å².